The number of hydrogen-bond acceptors (Lipinski definition) is 6. The zero-order valence-electron chi connectivity index (χ0n) is 16.2. The van der Waals surface area contributed by atoms with Crippen molar-refractivity contribution in [3.8, 4) is 5.69 Å². The van der Waals surface area contributed by atoms with Crippen LogP contribution in [0.25, 0.3) is 22.4 Å². The maximum Gasteiger partial charge on any atom is 0.318 e. The minimum atomic E-state index is -0.916. The van der Waals surface area contributed by atoms with Gasteiger partial charge in [-0.25, -0.2) is 9.36 Å². The Bertz CT molecular complexity index is 1350. The second kappa shape index (κ2) is 7.64. The van der Waals surface area contributed by atoms with E-state index in [-0.39, 0.29) is 11.3 Å². The molecule has 0 aliphatic carbocycles. The van der Waals surface area contributed by atoms with Gasteiger partial charge >= 0.3 is 6.03 Å². The molecule has 2 heterocycles. The number of primary amides is 1. The largest absolute Gasteiger partial charge is 0.351 e. The van der Waals surface area contributed by atoms with E-state index >= 15 is 0 Å². The van der Waals surface area contributed by atoms with Crippen LogP contribution in [0.3, 0.4) is 0 Å². The van der Waals surface area contributed by atoms with Crippen LogP contribution in [-0.2, 0) is 4.79 Å². The van der Waals surface area contributed by atoms with Crippen LogP contribution < -0.4 is 16.6 Å². The number of nitrogens with one attached hydrogen (secondary N) is 1. The summed E-state index contributed by atoms with van der Waals surface area (Å²) in [5.74, 6) is -0.286. The van der Waals surface area contributed by atoms with Crippen LogP contribution in [0.15, 0.2) is 52.4 Å². The van der Waals surface area contributed by atoms with Crippen LogP contribution in [0, 0.1) is 13.8 Å². The lowest BCUT2D eigenvalue weighted by Gasteiger charge is -2.15. The fourth-order valence-electron chi connectivity index (χ4n) is 3.44. The number of aryl methyl sites for hydroxylation is 2. The van der Waals surface area contributed by atoms with Crippen LogP contribution in [0.1, 0.15) is 11.1 Å². The Labute approximate surface area is 174 Å². The third-order valence-corrected chi connectivity index (χ3v) is 5.58. The SMILES string of the molecule is Cc1cccc(C)c1-n1c(=O)c2ccccc2n2c(SCC(=O)NC(N)=O)nnc12. The molecule has 2 aromatic heterocycles. The molecule has 0 bridgehead atoms. The molecule has 2 aromatic carbocycles. The van der Waals surface area contributed by atoms with Gasteiger partial charge in [0.1, 0.15) is 0 Å². The van der Waals surface area contributed by atoms with E-state index in [0.717, 1.165) is 28.6 Å². The van der Waals surface area contributed by atoms with Crippen molar-refractivity contribution in [2.45, 2.75) is 19.0 Å². The molecule has 0 atom stereocenters. The summed E-state index contributed by atoms with van der Waals surface area (Å²) in [6.45, 7) is 3.86. The van der Waals surface area contributed by atoms with Gasteiger partial charge in [0.2, 0.25) is 11.7 Å². The van der Waals surface area contributed by atoms with Crippen molar-refractivity contribution in [1.82, 2.24) is 24.5 Å². The van der Waals surface area contributed by atoms with Gasteiger partial charge in [0.15, 0.2) is 5.16 Å². The molecule has 152 valence electrons. The zero-order chi connectivity index (χ0) is 21.4. The number of hydrogen-bond donors (Lipinski definition) is 2. The summed E-state index contributed by atoms with van der Waals surface area (Å²) in [5, 5.41) is 11.4. The molecule has 30 heavy (non-hydrogen) atoms. The second-order valence-corrected chi connectivity index (χ2v) is 7.66. The molecule has 4 rings (SSSR count). The fraction of sp³-hybridized carbons (Fsp3) is 0.150. The number of fused-ring (bicyclic) bond motifs is 3. The molecule has 0 unspecified atom stereocenters. The molecule has 4 aromatic rings. The molecule has 0 radical (unpaired) electrons. The van der Waals surface area contributed by atoms with Crippen molar-refractivity contribution in [1.29, 1.82) is 0 Å². The lowest BCUT2D eigenvalue weighted by molar-refractivity contribution is -0.117. The number of carbonyl (C=O) groups is 2. The van der Waals surface area contributed by atoms with Crippen molar-refractivity contribution in [3.05, 3.63) is 63.9 Å². The van der Waals surface area contributed by atoms with Gasteiger partial charge in [-0.3, -0.25) is 19.3 Å². The first-order valence-electron chi connectivity index (χ1n) is 9.06. The molecule has 10 heteroatoms. The predicted octanol–water partition coefficient (Wildman–Crippen LogP) is 1.94. The van der Waals surface area contributed by atoms with Gasteiger partial charge in [0.05, 0.1) is 22.3 Å². The lowest BCUT2D eigenvalue weighted by atomic mass is 10.1. The van der Waals surface area contributed by atoms with Gasteiger partial charge in [-0.1, -0.05) is 42.1 Å². The number of carbonyl (C=O) groups excluding carboxylic acids is 2. The smallest absolute Gasteiger partial charge is 0.318 e. The van der Waals surface area contributed by atoms with E-state index in [2.05, 4.69) is 10.2 Å². The monoisotopic (exact) mass is 422 g/mol. The Morgan fingerprint density at radius 1 is 1.07 bits per heavy atom. The normalized spacial score (nSPS) is 11.1. The van der Waals surface area contributed by atoms with Gasteiger partial charge in [0, 0.05) is 0 Å². The number of nitrogens with zero attached hydrogens (tertiary/aromatic N) is 4. The van der Waals surface area contributed by atoms with Crippen LogP contribution in [0.5, 0.6) is 0 Å². The molecule has 0 aliphatic heterocycles. The molecule has 3 amide bonds. The predicted molar refractivity (Wildman–Crippen MR) is 114 cm³/mol. The molecule has 0 spiro atoms. The fourth-order valence-corrected chi connectivity index (χ4v) is 4.18. The first kappa shape index (κ1) is 19.6. The highest BCUT2D eigenvalue weighted by Gasteiger charge is 2.20. The topological polar surface area (TPSA) is 124 Å². The summed E-state index contributed by atoms with van der Waals surface area (Å²) in [6, 6.07) is 12.0. The zero-order valence-corrected chi connectivity index (χ0v) is 17.1. The summed E-state index contributed by atoms with van der Waals surface area (Å²) in [7, 11) is 0. The van der Waals surface area contributed by atoms with Crippen molar-refractivity contribution in [2.75, 3.05) is 5.75 Å². The van der Waals surface area contributed by atoms with Crippen LogP contribution in [-0.4, -0.2) is 36.9 Å². The van der Waals surface area contributed by atoms with Crippen LogP contribution >= 0.6 is 11.8 Å². The van der Waals surface area contributed by atoms with E-state index in [1.807, 2.05) is 43.4 Å². The molecular formula is C20H18N6O3S. The number of benzene rings is 2. The average molecular weight is 422 g/mol. The Morgan fingerprint density at radius 3 is 2.47 bits per heavy atom. The van der Waals surface area contributed by atoms with E-state index < -0.39 is 11.9 Å². The van der Waals surface area contributed by atoms with Gasteiger partial charge < -0.3 is 5.73 Å². The Balaban J connectivity index is 1.97. The first-order valence-corrected chi connectivity index (χ1v) is 10.0. The number of nitrogens with two attached hydrogens (primary N) is 1. The summed E-state index contributed by atoms with van der Waals surface area (Å²) in [6.07, 6.45) is 0. The summed E-state index contributed by atoms with van der Waals surface area (Å²) in [4.78, 5) is 36.1. The number of thioether (sulfide) groups is 1. The minimum absolute atomic E-state index is 0.0828. The average Bonchev–Trinajstić information content (AvgIpc) is 3.12. The molecule has 0 saturated heterocycles. The maximum absolute atomic E-state index is 13.4. The van der Waals surface area contributed by atoms with E-state index in [4.69, 9.17) is 5.73 Å². The maximum atomic E-state index is 13.4. The molecule has 9 nitrogen and oxygen atoms in total. The second-order valence-electron chi connectivity index (χ2n) is 6.72. The third kappa shape index (κ3) is 3.30. The van der Waals surface area contributed by atoms with Gasteiger partial charge in [-0.05, 0) is 37.1 Å². The van der Waals surface area contributed by atoms with Crippen molar-refractivity contribution >= 4 is 40.4 Å². The quantitative estimate of drug-likeness (QED) is 0.484. The van der Waals surface area contributed by atoms with Crippen molar-refractivity contribution in [2.24, 2.45) is 5.73 Å². The lowest BCUT2D eigenvalue weighted by Crippen LogP contribution is -2.36. The molecule has 0 fully saturated rings. The first-order chi connectivity index (χ1) is 14.4. The van der Waals surface area contributed by atoms with Crippen molar-refractivity contribution < 1.29 is 9.59 Å². The van der Waals surface area contributed by atoms with E-state index in [1.54, 1.807) is 27.2 Å². The number of amides is 3. The number of imide groups is 1. The highest BCUT2D eigenvalue weighted by Crippen LogP contribution is 2.25. The molecule has 3 N–H and O–H groups in total. The third-order valence-electron chi connectivity index (χ3n) is 4.65. The van der Waals surface area contributed by atoms with Gasteiger partial charge in [0.25, 0.3) is 5.56 Å². The van der Waals surface area contributed by atoms with Gasteiger partial charge in [-0.15, -0.1) is 10.2 Å². The van der Waals surface area contributed by atoms with E-state index in [1.165, 1.54) is 0 Å². The summed E-state index contributed by atoms with van der Waals surface area (Å²) >= 11 is 1.09. The highest BCUT2D eigenvalue weighted by molar-refractivity contribution is 7.99. The number of aromatic nitrogens is 4. The Kier molecular flexibility index (Phi) is 5.00. The summed E-state index contributed by atoms with van der Waals surface area (Å²) < 4.78 is 3.29. The molecule has 0 saturated carbocycles. The molecular weight excluding hydrogens is 404 g/mol. The number of para-hydroxylation sites is 2. The van der Waals surface area contributed by atoms with Crippen LogP contribution in [0.4, 0.5) is 4.79 Å². The van der Waals surface area contributed by atoms with Crippen molar-refractivity contribution in [3.63, 3.8) is 0 Å². The summed E-state index contributed by atoms with van der Waals surface area (Å²) in [5.41, 5.74) is 8.00. The molecule has 0 aliphatic rings. The van der Waals surface area contributed by atoms with Crippen LogP contribution in [0.2, 0.25) is 0 Å². The highest BCUT2D eigenvalue weighted by atomic mass is 32.2. The standard InChI is InChI=1S/C20H18N6O3S/c1-11-6-5-7-12(2)16(11)26-17(28)13-8-3-4-9-14(13)25-19(26)23-24-20(25)30-10-15(27)22-18(21)29/h3-9H,10H2,1-2H3,(H3,21,22,27,29). The van der Waals surface area contributed by atoms with E-state index in [9.17, 15) is 14.4 Å². The number of rotatable bonds is 4. The minimum Gasteiger partial charge on any atom is -0.351 e. The Hall–Kier alpha value is -3.66. The van der Waals surface area contributed by atoms with Gasteiger partial charge in [-0.2, -0.15) is 0 Å². The number of urea groups is 1. The van der Waals surface area contributed by atoms with E-state index in [0.29, 0.717) is 21.8 Å². The Morgan fingerprint density at radius 2 is 1.77 bits per heavy atom.